The van der Waals surface area contributed by atoms with Crippen LogP contribution in [-0.2, 0) is 15.4 Å². The van der Waals surface area contributed by atoms with Crippen molar-refractivity contribution in [2.75, 3.05) is 5.32 Å². The second-order valence-corrected chi connectivity index (χ2v) is 10.9. The van der Waals surface area contributed by atoms with E-state index in [-0.39, 0.29) is 21.9 Å². The Balaban J connectivity index is 1.45. The molecule has 3 aromatic rings. The molecule has 2 atom stereocenters. The fourth-order valence-corrected chi connectivity index (χ4v) is 4.57. The van der Waals surface area contributed by atoms with Crippen LogP contribution < -0.4 is 10.5 Å². The molecule has 0 bridgehead atoms. The number of hydrogen-bond acceptors (Lipinski definition) is 6. The monoisotopic (exact) mass is 458 g/mol. The van der Waals surface area contributed by atoms with Gasteiger partial charge < -0.3 is 5.32 Å². The van der Waals surface area contributed by atoms with Crippen molar-refractivity contribution in [3.63, 3.8) is 0 Å². The summed E-state index contributed by atoms with van der Waals surface area (Å²) in [5.41, 5.74) is 3.31. The number of primary sulfonamides is 1. The number of aromatic nitrogens is 4. The van der Waals surface area contributed by atoms with Crippen LogP contribution in [0.15, 0.2) is 41.4 Å². The molecule has 0 amide bonds. The van der Waals surface area contributed by atoms with E-state index in [4.69, 9.17) is 5.14 Å². The van der Waals surface area contributed by atoms with Crippen molar-refractivity contribution in [2.24, 2.45) is 5.14 Å². The SMILES string of the molecule is CC(C)(C)c1cnnc(C2CCC(c3cc(Nc4ccc(S(N)(=O)=O)cc4F)n[nH]3)C2)c1. The number of nitrogens with zero attached hydrogens (tertiary/aromatic N) is 3. The summed E-state index contributed by atoms with van der Waals surface area (Å²) in [5, 5.41) is 23.8. The molecule has 32 heavy (non-hydrogen) atoms. The van der Waals surface area contributed by atoms with Crippen molar-refractivity contribution in [3.8, 4) is 0 Å². The van der Waals surface area contributed by atoms with Crippen LogP contribution in [0.25, 0.3) is 0 Å². The maximum atomic E-state index is 14.3. The molecule has 2 aromatic heterocycles. The van der Waals surface area contributed by atoms with E-state index in [0.29, 0.717) is 11.7 Å². The van der Waals surface area contributed by atoms with E-state index < -0.39 is 15.8 Å². The summed E-state index contributed by atoms with van der Waals surface area (Å²) < 4.78 is 37.0. The van der Waals surface area contributed by atoms with Gasteiger partial charge in [0.25, 0.3) is 0 Å². The Morgan fingerprint density at radius 3 is 2.59 bits per heavy atom. The van der Waals surface area contributed by atoms with E-state index in [1.165, 1.54) is 17.7 Å². The number of nitrogens with one attached hydrogen (secondary N) is 2. The Hall–Kier alpha value is -2.85. The van der Waals surface area contributed by atoms with Crippen molar-refractivity contribution in [3.05, 3.63) is 59.3 Å². The third kappa shape index (κ3) is 4.81. The fraction of sp³-hybridized carbons (Fsp3) is 0.409. The topological polar surface area (TPSA) is 127 Å². The summed E-state index contributed by atoms with van der Waals surface area (Å²) in [4.78, 5) is -0.279. The zero-order valence-corrected chi connectivity index (χ0v) is 19.1. The number of anilines is 2. The Morgan fingerprint density at radius 2 is 1.91 bits per heavy atom. The number of hydrogen-bond donors (Lipinski definition) is 3. The second kappa shape index (κ2) is 8.25. The van der Waals surface area contributed by atoms with Gasteiger partial charge in [-0.15, -0.1) is 0 Å². The number of halogens is 1. The molecule has 1 aliphatic carbocycles. The van der Waals surface area contributed by atoms with Gasteiger partial charge in [-0.2, -0.15) is 15.3 Å². The zero-order valence-electron chi connectivity index (χ0n) is 18.3. The number of aromatic amines is 1. The minimum Gasteiger partial charge on any atom is -0.336 e. The maximum absolute atomic E-state index is 14.3. The van der Waals surface area contributed by atoms with Crippen LogP contribution >= 0.6 is 0 Å². The molecule has 0 spiro atoms. The third-order valence-electron chi connectivity index (χ3n) is 5.96. The lowest BCUT2D eigenvalue weighted by atomic mass is 9.87. The van der Waals surface area contributed by atoms with Gasteiger partial charge in [0.1, 0.15) is 5.82 Å². The number of sulfonamides is 1. The minimum atomic E-state index is -3.96. The highest BCUT2D eigenvalue weighted by molar-refractivity contribution is 7.89. The first-order valence-corrected chi connectivity index (χ1v) is 12.0. The largest absolute Gasteiger partial charge is 0.336 e. The summed E-state index contributed by atoms with van der Waals surface area (Å²) in [6.45, 7) is 6.49. The predicted octanol–water partition coefficient (Wildman–Crippen LogP) is 4.08. The molecular formula is C22H27FN6O2S. The highest BCUT2D eigenvalue weighted by Gasteiger charge is 2.30. The van der Waals surface area contributed by atoms with Crippen molar-refractivity contribution >= 4 is 21.5 Å². The average Bonchev–Trinajstić information content (AvgIpc) is 3.38. The molecule has 2 heterocycles. The molecule has 0 saturated heterocycles. The number of nitrogens with two attached hydrogens (primary N) is 1. The first-order valence-electron chi connectivity index (χ1n) is 10.5. The van der Waals surface area contributed by atoms with Crippen molar-refractivity contribution in [2.45, 2.75) is 62.2 Å². The summed E-state index contributed by atoms with van der Waals surface area (Å²) in [5.74, 6) is 0.356. The normalized spacial score (nSPS) is 19.3. The Labute approximate surface area is 186 Å². The van der Waals surface area contributed by atoms with E-state index in [2.05, 4.69) is 52.5 Å². The Bertz CT molecular complexity index is 1240. The van der Waals surface area contributed by atoms with Crippen molar-refractivity contribution in [1.29, 1.82) is 0 Å². The molecule has 10 heteroatoms. The molecule has 4 rings (SSSR count). The van der Waals surface area contributed by atoms with Crippen molar-refractivity contribution < 1.29 is 12.8 Å². The van der Waals surface area contributed by atoms with Crippen LogP contribution in [-0.4, -0.2) is 28.8 Å². The van der Waals surface area contributed by atoms with E-state index in [1.807, 2.05) is 12.3 Å². The number of rotatable bonds is 5. The van der Waals surface area contributed by atoms with Gasteiger partial charge in [-0.3, -0.25) is 5.10 Å². The molecule has 0 radical (unpaired) electrons. The highest BCUT2D eigenvalue weighted by Crippen LogP contribution is 2.43. The molecule has 170 valence electrons. The standard InChI is InChI=1S/C22H27FN6O2S/c1-22(2,3)15-9-19(27-25-12-15)13-4-5-14(8-13)20-11-21(29-28-20)26-18-7-6-16(10-17(18)23)32(24,30)31/h6-7,9-14H,4-5,8H2,1-3H3,(H2,24,30,31)(H2,26,28,29). The fourth-order valence-electron chi connectivity index (χ4n) is 4.05. The lowest BCUT2D eigenvalue weighted by Crippen LogP contribution is -2.13. The summed E-state index contributed by atoms with van der Waals surface area (Å²) in [6, 6.07) is 7.49. The van der Waals surface area contributed by atoms with E-state index in [0.717, 1.165) is 36.7 Å². The molecule has 1 fully saturated rings. The summed E-state index contributed by atoms with van der Waals surface area (Å²) >= 11 is 0. The molecule has 1 aromatic carbocycles. The van der Waals surface area contributed by atoms with Crippen molar-refractivity contribution in [1.82, 2.24) is 20.4 Å². The quantitative estimate of drug-likeness (QED) is 0.529. The lowest BCUT2D eigenvalue weighted by molar-refractivity contribution is 0.575. The first-order chi connectivity index (χ1) is 15.0. The Morgan fingerprint density at radius 1 is 1.16 bits per heavy atom. The Kier molecular flexibility index (Phi) is 5.76. The zero-order chi connectivity index (χ0) is 23.1. The van der Waals surface area contributed by atoms with Gasteiger partial charge >= 0.3 is 0 Å². The summed E-state index contributed by atoms with van der Waals surface area (Å²) in [7, 11) is -3.96. The molecule has 4 N–H and O–H groups in total. The number of H-pyrrole nitrogens is 1. The van der Waals surface area contributed by atoms with Gasteiger partial charge in [0.05, 0.1) is 22.5 Å². The van der Waals surface area contributed by atoms with E-state index in [9.17, 15) is 12.8 Å². The van der Waals surface area contributed by atoms with Crippen LogP contribution in [0, 0.1) is 5.82 Å². The first kappa shape index (κ1) is 22.3. The minimum absolute atomic E-state index is 0.0223. The number of benzene rings is 1. The highest BCUT2D eigenvalue weighted by atomic mass is 32.2. The van der Waals surface area contributed by atoms with Crippen LogP contribution in [0.2, 0.25) is 0 Å². The smallest absolute Gasteiger partial charge is 0.238 e. The van der Waals surface area contributed by atoms with Gasteiger partial charge in [-0.1, -0.05) is 20.8 Å². The van der Waals surface area contributed by atoms with Crippen LogP contribution in [0.3, 0.4) is 0 Å². The molecule has 1 saturated carbocycles. The molecule has 0 aliphatic heterocycles. The average molecular weight is 459 g/mol. The van der Waals surface area contributed by atoms with Gasteiger partial charge in [0.2, 0.25) is 10.0 Å². The van der Waals surface area contributed by atoms with Crippen LogP contribution in [0.1, 0.15) is 68.8 Å². The summed E-state index contributed by atoms with van der Waals surface area (Å²) in [6.07, 6.45) is 4.77. The molecule has 1 aliphatic rings. The lowest BCUT2D eigenvalue weighted by Gasteiger charge is -2.19. The van der Waals surface area contributed by atoms with Gasteiger partial charge in [-0.25, -0.2) is 17.9 Å². The molecular weight excluding hydrogens is 431 g/mol. The maximum Gasteiger partial charge on any atom is 0.238 e. The van der Waals surface area contributed by atoms with E-state index in [1.54, 1.807) is 0 Å². The van der Waals surface area contributed by atoms with Gasteiger partial charge in [0, 0.05) is 23.6 Å². The second-order valence-electron chi connectivity index (χ2n) is 9.35. The molecule has 8 nitrogen and oxygen atoms in total. The van der Waals surface area contributed by atoms with Crippen LogP contribution in [0.5, 0.6) is 0 Å². The molecule has 2 unspecified atom stereocenters. The van der Waals surface area contributed by atoms with Crippen LogP contribution in [0.4, 0.5) is 15.9 Å². The van der Waals surface area contributed by atoms with Gasteiger partial charge in [-0.05, 0) is 54.5 Å². The third-order valence-corrected chi connectivity index (χ3v) is 6.87. The van der Waals surface area contributed by atoms with Gasteiger partial charge in [0.15, 0.2) is 5.82 Å². The van der Waals surface area contributed by atoms with E-state index >= 15 is 0 Å². The predicted molar refractivity (Wildman–Crippen MR) is 120 cm³/mol.